The van der Waals surface area contributed by atoms with Crippen LogP contribution in [0, 0.1) is 0 Å². The molecular weight excluding hydrogens is 202 g/mol. The van der Waals surface area contributed by atoms with Gasteiger partial charge in [-0.3, -0.25) is 9.88 Å². The average molecular weight is 219 g/mol. The molecular formula is C12H17N3O. The molecule has 1 aromatic rings. The molecule has 4 heteroatoms. The minimum Gasteiger partial charge on any atom is -0.314 e. The van der Waals surface area contributed by atoms with E-state index < -0.39 is 0 Å². The minimum absolute atomic E-state index is 0.211. The Morgan fingerprint density at radius 3 is 2.69 bits per heavy atom. The summed E-state index contributed by atoms with van der Waals surface area (Å²) in [5, 5.41) is 3.32. The SMILES string of the molecule is O=CCC(c1ccncc1)N1CCNCC1. The quantitative estimate of drug-likeness (QED) is 0.754. The third-order valence-corrected chi connectivity index (χ3v) is 3.00. The van der Waals surface area contributed by atoms with Gasteiger partial charge < -0.3 is 10.1 Å². The van der Waals surface area contributed by atoms with Gasteiger partial charge >= 0.3 is 0 Å². The second kappa shape index (κ2) is 5.72. The predicted octanol–water partition coefficient (Wildman–Crippen LogP) is 0.617. The lowest BCUT2D eigenvalue weighted by Gasteiger charge is -2.34. The van der Waals surface area contributed by atoms with E-state index in [2.05, 4.69) is 15.2 Å². The topological polar surface area (TPSA) is 45.2 Å². The van der Waals surface area contributed by atoms with Crippen LogP contribution in [-0.4, -0.2) is 42.3 Å². The molecule has 1 fully saturated rings. The predicted molar refractivity (Wildman–Crippen MR) is 62.1 cm³/mol. The number of piperazine rings is 1. The molecule has 1 aromatic heterocycles. The number of nitrogens with one attached hydrogen (secondary N) is 1. The fourth-order valence-electron chi connectivity index (χ4n) is 2.17. The molecule has 1 unspecified atom stereocenters. The van der Waals surface area contributed by atoms with Crippen LogP contribution in [0.4, 0.5) is 0 Å². The Bertz CT molecular complexity index is 322. The van der Waals surface area contributed by atoms with Gasteiger partial charge in [-0.05, 0) is 17.7 Å². The standard InChI is InChI=1S/C12H17N3O/c16-10-3-12(11-1-4-13-5-2-11)15-8-6-14-7-9-15/h1-2,4-5,10,12,14H,3,6-9H2. The summed E-state index contributed by atoms with van der Waals surface area (Å²) in [5.74, 6) is 0. The first-order valence-corrected chi connectivity index (χ1v) is 5.70. The van der Waals surface area contributed by atoms with Crippen molar-refractivity contribution in [1.29, 1.82) is 0 Å². The molecule has 86 valence electrons. The molecule has 1 saturated heterocycles. The number of carbonyl (C=O) groups excluding carboxylic acids is 1. The van der Waals surface area contributed by atoms with Gasteiger partial charge in [0, 0.05) is 51.0 Å². The molecule has 1 aliphatic rings. The van der Waals surface area contributed by atoms with E-state index in [9.17, 15) is 4.79 Å². The number of rotatable bonds is 4. The summed E-state index contributed by atoms with van der Waals surface area (Å²) in [6.45, 7) is 4.00. The Balaban J connectivity index is 2.12. The lowest BCUT2D eigenvalue weighted by Crippen LogP contribution is -2.45. The summed E-state index contributed by atoms with van der Waals surface area (Å²) in [4.78, 5) is 17.1. The molecule has 4 nitrogen and oxygen atoms in total. The van der Waals surface area contributed by atoms with Crippen molar-refractivity contribution in [2.24, 2.45) is 0 Å². The molecule has 1 atom stereocenters. The van der Waals surface area contributed by atoms with Crippen molar-refractivity contribution in [2.45, 2.75) is 12.5 Å². The van der Waals surface area contributed by atoms with Crippen LogP contribution in [0.1, 0.15) is 18.0 Å². The Morgan fingerprint density at radius 1 is 1.38 bits per heavy atom. The molecule has 0 aliphatic carbocycles. The average Bonchev–Trinajstić information content (AvgIpc) is 2.38. The van der Waals surface area contributed by atoms with E-state index in [4.69, 9.17) is 0 Å². The van der Waals surface area contributed by atoms with Gasteiger partial charge in [0.05, 0.1) is 0 Å². The van der Waals surface area contributed by atoms with E-state index >= 15 is 0 Å². The van der Waals surface area contributed by atoms with Crippen LogP contribution in [0.5, 0.6) is 0 Å². The highest BCUT2D eigenvalue weighted by Gasteiger charge is 2.21. The molecule has 0 saturated carbocycles. The molecule has 0 bridgehead atoms. The maximum Gasteiger partial charge on any atom is 0.121 e. The van der Waals surface area contributed by atoms with E-state index in [0.29, 0.717) is 6.42 Å². The number of hydrogen-bond acceptors (Lipinski definition) is 4. The molecule has 0 aromatic carbocycles. The molecule has 2 rings (SSSR count). The highest BCUT2D eigenvalue weighted by molar-refractivity contribution is 5.51. The smallest absolute Gasteiger partial charge is 0.121 e. The second-order valence-electron chi connectivity index (χ2n) is 3.98. The summed E-state index contributed by atoms with van der Waals surface area (Å²) in [6, 6.07) is 4.20. The first-order chi connectivity index (χ1) is 7.92. The maximum atomic E-state index is 10.8. The number of aldehydes is 1. The first kappa shape index (κ1) is 11.2. The largest absolute Gasteiger partial charge is 0.314 e. The van der Waals surface area contributed by atoms with Gasteiger partial charge in [-0.1, -0.05) is 0 Å². The molecule has 1 aliphatic heterocycles. The number of nitrogens with zero attached hydrogens (tertiary/aromatic N) is 2. The third-order valence-electron chi connectivity index (χ3n) is 3.00. The molecule has 16 heavy (non-hydrogen) atoms. The lowest BCUT2D eigenvalue weighted by molar-refractivity contribution is -0.109. The van der Waals surface area contributed by atoms with Gasteiger partial charge in [0.1, 0.15) is 6.29 Å². The Labute approximate surface area is 95.7 Å². The summed E-state index contributed by atoms with van der Waals surface area (Å²) < 4.78 is 0. The summed E-state index contributed by atoms with van der Waals surface area (Å²) in [5.41, 5.74) is 1.18. The fraction of sp³-hybridized carbons (Fsp3) is 0.500. The van der Waals surface area contributed by atoms with E-state index in [1.165, 1.54) is 5.56 Å². The van der Waals surface area contributed by atoms with Gasteiger partial charge in [0.25, 0.3) is 0 Å². The number of hydrogen-bond donors (Lipinski definition) is 1. The van der Waals surface area contributed by atoms with Gasteiger partial charge in [-0.25, -0.2) is 0 Å². The molecule has 2 heterocycles. The minimum atomic E-state index is 0.211. The zero-order valence-electron chi connectivity index (χ0n) is 9.30. The Hall–Kier alpha value is -1.26. The van der Waals surface area contributed by atoms with E-state index in [0.717, 1.165) is 32.5 Å². The van der Waals surface area contributed by atoms with Gasteiger partial charge in [-0.2, -0.15) is 0 Å². The first-order valence-electron chi connectivity index (χ1n) is 5.70. The number of aromatic nitrogens is 1. The fourth-order valence-corrected chi connectivity index (χ4v) is 2.17. The highest BCUT2D eigenvalue weighted by atomic mass is 16.1. The lowest BCUT2D eigenvalue weighted by atomic mass is 10.0. The van der Waals surface area contributed by atoms with Crippen molar-refractivity contribution in [3.05, 3.63) is 30.1 Å². The number of carbonyl (C=O) groups is 1. The van der Waals surface area contributed by atoms with E-state index in [1.54, 1.807) is 12.4 Å². The van der Waals surface area contributed by atoms with Gasteiger partial charge in [0.15, 0.2) is 0 Å². The zero-order valence-corrected chi connectivity index (χ0v) is 9.30. The van der Waals surface area contributed by atoms with Crippen LogP contribution in [0.2, 0.25) is 0 Å². The van der Waals surface area contributed by atoms with Gasteiger partial charge in [0.2, 0.25) is 0 Å². The molecule has 1 N–H and O–H groups in total. The molecule has 0 radical (unpaired) electrons. The second-order valence-corrected chi connectivity index (χ2v) is 3.98. The molecule has 0 amide bonds. The Kier molecular flexibility index (Phi) is 4.02. The number of pyridine rings is 1. The van der Waals surface area contributed by atoms with Crippen LogP contribution in [0.25, 0.3) is 0 Å². The maximum absolute atomic E-state index is 10.8. The van der Waals surface area contributed by atoms with Crippen LogP contribution in [-0.2, 0) is 4.79 Å². The van der Waals surface area contributed by atoms with Crippen molar-refractivity contribution in [1.82, 2.24) is 15.2 Å². The van der Waals surface area contributed by atoms with Crippen molar-refractivity contribution in [2.75, 3.05) is 26.2 Å². The summed E-state index contributed by atoms with van der Waals surface area (Å²) in [7, 11) is 0. The summed E-state index contributed by atoms with van der Waals surface area (Å²) in [6.07, 6.45) is 5.14. The van der Waals surface area contributed by atoms with Crippen molar-refractivity contribution >= 4 is 6.29 Å². The monoisotopic (exact) mass is 219 g/mol. The molecule has 0 spiro atoms. The van der Waals surface area contributed by atoms with E-state index in [-0.39, 0.29) is 6.04 Å². The highest BCUT2D eigenvalue weighted by Crippen LogP contribution is 2.22. The van der Waals surface area contributed by atoms with E-state index in [1.807, 2.05) is 12.1 Å². The Morgan fingerprint density at radius 2 is 2.06 bits per heavy atom. The van der Waals surface area contributed by atoms with Crippen molar-refractivity contribution < 1.29 is 4.79 Å². The third kappa shape index (κ3) is 2.65. The zero-order chi connectivity index (χ0) is 11.2. The van der Waals surface area contributed by atoms with Crippen molar-refractivity contribution in [3.63, 3.8) is 0 Å². The van der Waals surface area contributed by atoms with Crippen molar-refractivity contribution in [3.8, 4) is 0 Å². The normalized spacial score (nSPS) is 19.2. The van der Waals surface area contributed by atoms with Crippen LogP contribution < -0.4 is 5.32 Å². The van der Waals surface area contributed by atoms with Gasteiger partial charge in [-0.15, -0.1) is 0 Å². The van der Waals surface area contributed by atoms with Crippen LogP contribution in [0.15, 0.2) is 24.5 Å². The van der Waals surface area contributed by atoms with Crippen LogP contribution >= 0.6 is 0 Å². The summed E-state index contributed by atoms with van der Waals surface area (Å²) >= 11 is 0. The van der Waals surface area contributed by atoms with Crippen LogP contribution in [0.3, 0.4) is 0 Å².